The highest BCUT2D eigenvalue weighted by atomic mass is 16.5. The molecule has 0 atom stereocenters. The molecule has 106 valence electrons. The minimum atomic E-state index is 0.696. The van der Waals surface area contributed by atoms with Crippen LogP contribution in [-0.2, 0) is 6.54 Å². The zero-order valence-corrected chi connectivity index (χ0v) is 12.0. The van der Waals surface area contributed by atoms with Gasteiger partial charge in [0.2, 0.25) is 0 Å². The van der Waals surface area contributed by atoms with E-state index in [4.69, 9.17) is 14.2 Å². The highest BCUT2D eigenvalue weighted by molar-refractivity contribution is 5.50. The second-order valence-electron chi connectivity index (χ2n) is 4.95. The first-order valence-electron chi connectivity index (χ1n) is 6.78. The summed E-state index contributed by atoms with van der Waals surface area (Å²) in [6.07, 6.45) is 4.10. The van der Waals surface area contributed by atoms with E-state index in [2.05, 4.69) is 5.32 Å². The van der Waals surface area contributed by atoms with Gasteiger partial charge in [0.1, 0.15) is 5.75 Å². The number of hydrogen-bond donors (Lipinski definition) is 1. The first kappa shape index (κ1) is 14.0. The summed E-state index contributed by atoms with van der Waals surface area (Å²) in [6.45, 7) is 1.87. The van der Waals surface area contributed by atoms with E-state index in [1.54, 1.807) is 21.3 Å². The van der Waals surface area contributed by atoms with Crippen molar-refractivity contribution in [2.45, 2.75) is 25.8 Å². The second-order valence-corrected chi connectivity index (χ2v) is 4.95. The number of hydrogen-bond acceptors (Lipinski definition) is 4. The largest absolute Gasteiger partial charge is 0.496 e. The van der Waals surface area contributed by atoms with Crippen molar-refractivity contribution in [1.82, 2.24) is 5.32 Å². The molecule has 0 aliphatic heterocycles. The lowest BCUT2D eigenvalue weighted by Gasteiger charge is -2.25. The summed E-state index contributed by atoms with van der Waals surface area (Å²) in [4.78, 5) is 0. The Morgan fingerprint density at radius 1 is 1.00 bits per heavy atom. The monoisotopic (exact) mass is 265 g/mol. The van der Waals surface area contributed by atoms with Gasteiger partial charge in [0, 0.05) is 18.2 Å². The van der Waals surface area contributed by atoms with Crippen molar-refractivity contribution in [2.75, 3.05) is 27.9 Å². The summed E-state index contributed by atoms with van der Waals surface area (Å²) in [5.41, 5.74) is 1.10. The molecule has 1 aromatic rings. The molecule has 0 amide bonds. The Kier molecular flexibility index (Phi) is 4.91. The van der Waals surface area contributed by atoms with E-state index < -0.39 is 0 Å². The van der Waals surface area contributed by atoms with Crippen molar-refractivity contribution in [1.29, 1.82) is 0 Å². The molecule has 4 heteroatoms. The van der Waals surface area contributed by atoms with Gasteiger partial charge >= 0.3 is 0 Å². The van der Waals surface area contributed by atoms with Crippen LogP contribution in [0.5, 0.6) is 17.2 Å². The lowest BCUT2D eigenvalue weighted by molar-refractivity contribution is 0.300. The van der Waals surface area contributed by atoms with Crippen molar-refractivity contribution >= 4 is 0 Å². The van der Waals surface area contributed by atoms with E-state index in [-0.39, 0.29) is 0 Å². The van der Waals surface area contributed by atoms with Crippen molar-refractivity contribution < 1.29 is 14.2 Å². The highest BCUT2D eigenvalue weighted by Crippen LogP contribution is 2.34. The minimum absolute atomic E-state index is 0.696. The lowest BCUT2D eigenvalue weighted by Crippen LogP contribution is -2.27. The number of ether oxygens (including phenoxy) is 3. The predicted octanol–water partition coefficient (Wildman–Crippen LogP) is 2.60. The molecule has 1 fully saturated rings. The number of benzene rings is 1. The standard InChI is InChI=1S/C15H23NO3/c1-17-13-8-15(19-3)14(18-2)7-12(13)10-16-9-11-5-4-6-11/h7-8,11,16H,4-6,9-10H2,1-3H3. The molecule has 0 aromatic heterocycles. The molecule has 4 nitrogen and oxygen atoms in total. The van der Waals surface area contributed by atoms with E-state index >= 15 is 0 Å². The molecule has 2 rings (SSSR count). The van der Waals surface area contributed by atoms with Gasteiger partial charge in [0.05, 0.1) is 21.3 Å². The molecular weight excluding hydrogens is 242 g/mol. The highest BCUT2D eigenvalue weighted by Gasteiger charge is 2.17. The average Bonchev–Trinajstić information content (AvgIpc) is 2.40. The molecule has 19 heavy (non-hydrogen) atoms. The maximum Gasteiger partial charge on any atom is 0.164 e. The number of methoxy groups -OCH3 is 3. The fourth-order valence-corrected chi connectivity index (χ4v) is 2.34. The SMILES string of the molecule is COc1cc(OC)c(OC)cc1CNCC1CCC1. The average molecular weight is 265 g/mol. The van der Waals surface area contributed by atoms with Crippen LogP contribution < -0.4 is 19.5 Å². The van der Waals surface area contributed by atoms with Gasteiger partial charge in [-0.3, -0.25) is 0 Å². The summed E-state index contributed by atoms with van der Waals surface area (Å²) >= 11 is 0. The Bertz CT molecular complexity index is 416. The van der Waals surface area contributed by atoms with Crippen molar-refractivity contribution in [3.63, 3.8) is 0 Å². The van der Waals surface area contributed by atoms with Gasteiger partial charge in [-0.1, -0.05) is 6.42 Å². The molecule has 1 N–H and O–H groups in total. The van der Waals surface area contributed by atoms with Crippen molar-refractivity contribution in [2.24, 2.45) is 5.92 Å². The number of rotatable bonds is 7. The van der Waals surface area contributed by atoms with Crippen LogP contribution in [0.25, 0.3) is 0 Å². The predicted molar refractivity (Wildman–Crippen MR) is 75.1 cm³/mol. The molecule has 0 bridgehead atoms. The van der Waals surface area contributed by atoms with Crippen LogP contribution in [0.3, 0.4) is 0 Å². The quantitative estimate of drug-likeness (QED) is 0.822. The molecule has 1 aromatic carbocycles. The molecule has 0 spiro atoms. The van der Waals surface area contributed by atoms with E-state index in [1.807, 2.05) is 12.1 Å². The second kappa shape index (κ2) is 6.66. The van der Waals surface area contributed by atoms with E-state index in [0.29, 0.717) is 5.75 Å². The topological polar surface area (TPSA) is 39.7 Å². The summed E-state index contributed by atoms with van der Waals surface area (Å²) in [6, 6.07) is 3.85. The van der Waals surface area contributed by atoms with Crippen LogP contribution in [0.15, 0.2) is 12.1 Å². The fraction of sp³-hybridized carbons (Fsp3) is 0.600. The van der Waals surface area contributed by atoms with Crippen LogP contribution in [0.4, 0.5) is 0 Å². The van der Waals surface area contributed by atoms with Gasteiger partial charge in [-0.2, -0.15) is 0 Å². The zero-order valence-electron chi connectivity index (χ0n) is 12.0. The summed E-state index contributed by atoms with van der Waals surface area (Å²) < 4.78 is 16.0. The third-order valence-corrected chi connectivity index (χ3v) is 3.76. The maximum absolute atomic E-state index is 5.41. The van der Waals surface area contributed by atoms with Crippen LogP contribution in [0.1, 0.15) is 24.8 Å². The van der Waals surface area contributed by atoms with E-state index in [1.165, 1.54) is 19.3 Å². The molecule has 1 aliphatic rings. The van der Waals surface area contributed by atoms with E-state index in [9.17, 15) is 0 Å². The Labute approximate surface area is 115 Å². The maximum atomic E-state index is 5.41. The third kappa shape index (κ3) is 3.32. The van der Waals surface area contributed by atoms with Gasteiger partial charge in [-0.15, -0.1) is 0 Å². The molecule has 1 saturated carbocycles. The van der Waals surface area contributed by atoms with Crippen LogP contribution in [-0.4, -0.2) is 27.9 Å². The fourth-order valence-electron chi connectivity index (χ4n) is 2.34. The normalized spacial score (nSPS) is 14.9. The smallest absolute Gasteiger partial charge is 0.164 e. The molecule has 0 heterocycles. The van der Waals surface area contributed by atoms with Gasteiger partial charge in [0.25, 0.3) is 0 Å². The van der Waals surface area contributed by atoms with Gasteiger partial charge in [0.15, 0.2) is 11.5 Å². The van der Waals surface area contributed by atoms with Crippen molar-refractivity contribution in [3.05, 3.63) is 17.7 Å². The Hall–Kier alpha value is -1.42. The van der Waals surface area contributed by atoms with Crippen LogP contribution in [0, 0.1) is 5.92 Å². The van der Waals surface area contributed by atoms with Gasteiger partial charge in [-0.05, 0) is 31.4 Å². The van der Waals surface area contributed by atoms with Crippen LogP contribution >= 0.6 is 0 Å². The third-order valence-electron chi connectivity index (χ3n) is 3.76. The van der Waals surface area contributed by atoms with Crippen LogP contribution in [0.2, 0.25) is 0 Å². The Morgan fingerprint density at radius 3 is 2.16 bits per heavy atom. The molecule has 1 aliphatic carbocycles. The first-order valence-corrected chi connectivity index (χ1v) is 6.78. The van der Waals surface area contributed by atoms with E-state index in [0.717, 1.165) is 36.1 Å². The Balaban J connectivity index is 2.03. The minimum Gasteiger partial charge on any atom is -0.496 e. The lowest BCUT2D eigenvalue weighted by atomic mass is 9.85. The molecular formula is C15H23NO3. The van der Waals surface area contributed by atoms with Gasteiger partial charge in [-0.25, -0.2) is 0 Å². The molecule has 0 unspecified atom stereocenters. The summed E-state index contributed by atoms with van der Waals surface area (Å²) in [5.74, 6) is 3.12. The molecule has 0 radical (unpaired) electrons. The summed E-state index contributed by atoms with van der Waals surface area (Å²) in [7, 11) is 4.96. The van der Waals surface area contributed by atoms with Crippen molar-refractivity contribution in [3.8, 4) is 17.2 Å². The Morgan fingerprint density at radius 2 is 1.63 bits per heavy atom. The first-order chi connectivity index (χ1) is 9.28. The zero-order chi connectivity index (χ0) is 13.7. The van der Waals surface area contributed by atoms with Gasteiger partial charge < -0.3 is 19.5 Å². The number of nitrogens with one attached hydrogen (secondary N) is 1. The summed E-state index contributed by atoms with van der Waals surface area (Å²) in [5, 5.41) is 3.49. The molecule has 0 saturated heterocycles.